The van der Waals surface area contributed by atoms with E-state index >= 15 is 0 Å². The minimum Gasteiger partial charge on any atom is -0.373 e. The summed E-state index contributed by atoms with van der Waals surface area (Å²) in [6.45, 7) is 5.60. The van der Waals surface area contributed by atoms with Gasteiger partial charge in [0.2, 0.25) is 0 Å². The van der Waals surface area contributed by atoms with Gasteiger partial charge in [-0.15, -0.1) is 11.6 Å². The number of benzene rings is 1. The van der Waals surface area contributed by atoms with Crippen LogP contribution in [0.3, 0.4) is 0 Å². The molecule has 17 heavy (non-hydrogen) atoms. The number of ether oxygens (including phenoxy) is 1. The summed E-state index contributed by atoms with van der Waals surface area (Å²) in [7, 11) is 0. The Bertz CT molecular complexity index is 396. The van der Waals surface area contributed by atoms with Crippen LogP contribution in [0.1, 0.15) is 41.8 Å². The molecule has 0 radical (unpaired) electrons. The zero-order chi connectivity index (χ0) is 12.6. The number of halogens is 2. The SMILES string of the molecule is Cc1cc(C(Cl)C2CCC(C)O2)cc(C)c1F. The van der Waals surface area contributed by atoms with Gasteiger partial charge < -0.3 is 4.74 Å². The molecule has 0 N–H and O–H groups in total. The molecule has 1 aromatic rings. The van der Waals surface area contributed by atoms with Crippen molar-refractivity contribution < 1.29 is 9.13 Å². The third-order valence-electron chi connectivity index (χ3n) is 3.37. The Labute approximate surface area is 107 Å². The first-order valence-electron chi connectivity index (χ1n) is 6.05. The number of rotatable bonds is 2. The van der Waals surface area contributed by atoms with Crippen LogP contribution in [0.5, 0.6) is 0 Å². The van der Waals surface area contributed by atoms with E-state index in [0.29, 0.717) is 11.1 Å². The van der Waals surface area contributed by atoms with E-state index in [9.17, 15) is 4.39 Å². The van der Waals surface area contributed by atoms with Gasteiger partial charge in [0.25, 0.3) is 0 Å². The molecular formula is C14H18ClFO. The standard InChI is InChI=1S/C14H18ClFO/c1-8-6-11(7-9(2)14(8)16)13(15)12-5-4-10(3)17-12/h6-7,10,12-13H,4-5H2,1-3H3. The Morgan fingerprint density at radius 2 is 1.88 bits per heavy atom. The van der Waals surface area contributed by atoms with Gasteiger partial charge in [-0.05, 0) is 50.3 Å². The van der Waals surface area contributed by atoms with Crippen molar-refractivity contribution in [1.29, 1.82) is 0 Å². The van der Waals surface area contributed by atoms with E-state index < -0.39 is 0 Å². The number of hydrogen-bond donors (Lipinski definition) is 0. The van der Waals surface area contributed by atoms with Gasteiger partial charge >= 0.3 is 0 Å². The fourth-order valence-corrected chi connectivity index (χ4v) is 2.71. The lowest BCUT2D eigenvalue weighted by atomic mass is 10.00. The first kappa shape index (κ1) is 12.8. The van der Waals surface area contributed by atoms with Crippen molar-refractivity contribution in [3.05, 3.63) is 34.6 Å². The topological polar surface area (TPSA) is 9.23 Å². The summed E-state index contributed by atoms with van der Waals surface area (Å²) < 4.78 is 19.3. The highest BCUT2D eigenvalue weighted by molar-refractivity contribution is 6.21. The summed E-state index contributed by atoms with van der Waals surface area (Å²) >= 11 is 6.43. The molecule has 0 spiro atoms. The second-order valence-electron chi connectivity index (χ2n) is 4.93. The first-order chi connectivity index (χ1) is 7.99. The van der Waals surface area contributed by atoms with E-state index in [4.69, 9.17) is 16.3 Å². The summed E-state index contributed by atoms with van der Waals surface area (Å²) in [4.78, 5) is 0. The average Bonchev–Trinajstić information content (AvgIpc) is 2.71. The molecule has 1 nitrogen and oxygen atoms in total. The Morgan fingerprint density at radius 1 is 1.29 bits per heavy atom. The molecule has 3 heteroatoms. The summed E-state index contributed by atoms with van der Waals surface area (Å²) in [6, 6.07) is 3.65. The van der Waals surface area contributed by atoms with Crippen LogP contribution in [-0.2, 0) is 4.74 Å². The van der Waals surface area contributed by atoms with E-state index in [1.165, 1.54) is 0 Å². The number of aryl methyl sites for hydroxylation is 2. The lowest BCUT2D eigenvalue weighted by Crippen LogP contribution is -2.15. The van der Waals surface area contributed by atoms with Crippen LogP contribution >= 0.6 is 11.6 Å². The molecule has 0 bridgehead atoms. The highest BCUT2D eigenvalue weighted by Crippen LogP contribution is 2.35. The molecule has 94 valence electrons. The normalized spacial score (nSPS) is 26.2. The Balaban J connectivity index is 2.22. The van der Waals surface area contributed by atoms with E-state index in [2.05, 4.69) is 6.92 Å². The molecule has 1 saturated heterocycles. The van der Waals surface area contributed by atoms with Gasteiger partial charge in [-0.3, -0.25) is 0 Å². The number of hydrogen-bond acceptors (Lipinski definition) is 1. The van der Waals surface area contributed by atoms with Crippen LogP contribution in [0.15, 0.2) is 12.1 Å². The minimum atomic E-state index is -0.182. The lowest BCUT2D eigenvalue weighted by molar-refractivity contribution is 0.0533. The third-order valence-corrected chi connectivity index (χ3v) is 3.90. The summed E-state index contributed by atoms with van der Waals surface area (Å²) in [5.74, 6) is -0.140. The summed E-state index contributed by atoms with van der Waals surface area (Å²) in [5, 5.41) is -0.182. The second kappa shape index (κ2) is 4.95. The fourth-order valence-electron chi connectivity index (χ4n) is 2.40. The van der Waals surface area contributed by atoms with Crippen LogP contribution in [0.4, 0.5) is 4.39 Å². The minimum absolute atomic E-state index is 0.0518. The molecule has 1 aliphatic rings. The molecule has 2 rings (SSSR count). The maximum absolute atomic E-state index is 13.5. The Hall–Kier alpha value is -0.600. The largest absolute Gasteiger partial charge is 0.373 e. The Kier molecular flexibility index (Phi) is 3.74. The van der Waals surface area contributed by atoms with E-state index in [1.807, 2.05) is 12.1 Å². The molecule has 0 aliphatic carbocycles. The Morgan fingerprint density at radius 3 is 2.35 bits per heavy atom. The molecular weight excluding hydrogens is 239 g/mol. The van der Waals surface area contributed by atoms with Crippen LogP contribution in [0.25, 0.3) is 0 Å². The van der Waals surface area contributed by atoms with Gasteiger partial charge in [-0.25, -0.2) is 4.39 Å². The van der Waals surface area contributed by atoms with Crippen molar-refractivity contribution in [2.45, 2.75) is 51.2 Å². The van der Waals surface area contributed by atoms with Crippen LogP contribution in [-0.4, -0.2) is 12.2 Å². The zero-order valence-electron chi connectivity index (χ0n) is 10.5. The van der Waals surface area contributed by atoms with Crippen LogP contribution < -0.4 is 0 Å². The van der Waals surface area contributed by atoms with Crippen molar-refractivity contribution in [3.63, 3.8) is 0 Å². The predicted octanol–water partition coefficient (Wildman–Crippen LogP) is 4.29. The van der Waals surface area contributed by atoms with Gasteiger partial charge in [-0.1, -0.05) is 12.1 Å². The molecule has 3 unspecified atom stereocenters. The van der Waals surface area contributed by atoms with Gasteiger partial charge in [-0.2, -0.15) is 0 Å². The maximum atomic E-state index is 13.5. The monoisotopic (exact) mass is 256 g/mol. The summed E-state index contributed by atoms with van der Waals surface area (Å²) in [5.41, 5.74) is 2.26. The molecule has 0 saturated carbocycles. The maximum Gasteiger partial charge on any atom is 0.129 e. The molecule has 1 aromatic carbocycles. The molecule has 0 aromatic heterocycles. The number of alkyl halides is 1. The second-order valence-corrected chi connectivity index (χ2v) is 5.40. The molecule has 1 heterocycles. The van der Waals surface area contributed by atoms with E-state index in [-0.39, 0.29) is 23.4 Å². The fraction of sp³-hybridized carbons (Fsp3) is 0.571. The van der Waals surface area contributed by atoms with Gasteiger partial charge in [0.15, 0.2) is 0 Å². The molecule has 3 atom stereocenters. The molecule has 1 aliphatic heterocycles. The lowest BCUT2D eigenvalue weighted by Gasteiger charge is -2.19. The quantitative estimate of drug-likeness (QED) is 0.718. The first-order valence-corrected chi connectivity index (χ1v) is 6.49. The van der Waals surface area contributed by atoms with Crippen LogP contribution in [0, 0.1) is 19.7 Å². The highest BCUT2D eigenvalue weighted by Gasteiger charge is 2.29. The third kappa shape index (κ3) is 2.63. The van der Waals surface area contributed by atoms with Crippen molar-refractivity contribution in [3.8, 4) is 0 Å². The van der Waals surface area contributed by atoms with Crippen molar-refractivity contribution in [2.75, 3.05) is 0 Å². The van der Waals surface area contributed by atoms with Crippen molar-refractivity contribution in [2.24, 2.45) is 0 Å². The average molecular weight is 257 g/mol. The van der Waals surface area contributed by atoms with Crippen LogP contribution in [0.2, 0.25) is 0 Å². The van der Waals surface area contributed by atoms with Crippen molar-refractivity contribution >= 4 is 11.6 Å². The van der Waals surface area contributed by atoms with Crippen molar-refractivity contribution in [1.82, 2.24) is 0 Å². The van der Waals surface area contributed by atoms with E-state index in [1.54, 1.807) is 13.8 Å². The van der Waals surface area contributed by atoms with Gasteiger partial charge in [0, 0.05) is 0 Å². The smallest absolute Gasteiger partial charge is 0.129 e. The van der Waals surface area contributed by atoms with Gasteiger partial charge in [0.05, 0.1) is 17.6 Å². The van der Waals surface area contributed by atoms with Gasteiger partial charge in [0.1, 0.15) is 5.82 Å². The molecule has 0 amide bonds. The highest BCUT2D eigenvalue weighted by atomic mass is 35.5. The summed E-state index contributed by atoms with van der Waals surface area (Å²) in [6.07, 6.45) is 2.36. The zero-order valence-corrected chi connectivity index (χ0v) is 11.2. The van der Waals surface area contributed by atoms with E-state index in [0.717, 1.165) is 18.4 Å². The predicted molar refractivity (Wildman–Crippen MR) is 68.0 cm³/mol. The molecule has 1 fully saturated rings.